The standard InChI is InChI=1S/C23H20ClNO/c1-16(2)21-12-11-18(24)14-22(21)23(15-25)17-7-6-10-20(13-17)26-19-8-4-3-5-9-19/h3-14,16,23H,1-2H3. The van der Waals surface area contributed by atoms with Crippen LogP contribution in [-0.2, 0) is 0 Å². The van der Waals surface area contributed by atoms with Gasteiger partial charge in [0.25, 0.3) is 0 Å². The molecule has 0 saturated heterocycles. The third kappa shape index (κ3) is 4.07. The Bertz CT molecular complexity index is 928. The number of ether oxygens (including phenoxy) is 1. The molecule has 0 radical (unpaired) electrons. The minimum absolute atomic E-state index is 0.307. The molecule has 1 atom stereocenters. The Morgan fingerprint density at radius 3 is 2.27 bits per heavy atom. The molecule has 0 heterocycles. The van der Waals surface area contributed by atoms with Crippen LogP contribution >= 0.6 is 11.6 Å². The fourth-order valence-corrected chi connectivity index (χ4v) is 3.21. The lowest BCUT2D eigenvalue weighted by atomic mass is 9.85. The third-order valence-electron chi connectivity index (χ3n) is 4.28. The van der Waals surface area contributed by atoms with E-state index in [1.165, 1.54) is 0 Å². The highest BCUT2D eigenvalue weighted by Crippen LogP contribution is 2.34. The van der Waals surface area contributed by atoms with E-state index in [0.717, 1.165) is 22.4 Å². The van der Waals surface area contributed by atoms with Crippen molar-refractivity contribution in [3.8, 4) is 17.6 Å². The summed E-state index contributed by atoms with van der Waals surface area (Å²) in [7, 11) is 0. The highest BCUT2D eigenvalue weighted by Gasteiger charge is 2.19. The van der Waals surface area contributed by atoms with Crippen molar-refractivity contribution in [2.45, 2.75) is 25.7 Å². The first kappa shape index (κ1) is 18.0. The van der Waals surface area contributed by atoms with Crippen molar-refractivity contribution in [1.29, 1.82) is 5.26 Å². The molecule has 0 fully saturated rings. The molecule has 0 bridgehead atoms. The molecule has 0 amide bonds. The van der Waals surface area contributed by atoms with Crippen molar-refractivity contribution in [2.24, 2.45) is 0 Å². The fourth-order valence-electron chi connectivity index (χ4n) is 3.03. The summed E-state index contributed by atoms with van der Waals surface area (Å²) in [6, 6.07) is 25.5. The van der Waals surface area contributed by atoms with E-state index in [1.807, 2.05) is 72.8 Å². The normalized spacial score (nSPS) is 11.8. The van der Waals surface area contributed by atoms with Gasteiger partial charge in [0.2, 0.25) is 0 Å². The van der Waals surface area contributed by atoms with Gasteiger partial charge in [0.15, 0.2) is 0 Å². The second-order valence-corrected chi connectivity index (χ2v) is 6.91. The summed E-state index contributed by atoms with van der Waals surface area (Å²) < 4.78 is 5.92. The van der Waals surface area contributed by atoms with Crippen LogP contribution in [0.4, 0.5) is 0 Å². The molecule has 3 heteroatoms. The lowest BCUT2D eigenvalue weighted by Crippen LogP contribution is -2.04. The fraction of sp³-hybridized carbons (Fsp3) is 0.174. The van der Waals surface area contributed by atoms with Crippen LogP contribution < -0.4 is 4.74 Å². The number of hydrogen-bond acceptors (Lipinski definition) is 2. The number of rotatable bonds is 5. The molecule has 3 rings (SSSR count). The van der Waals surface area contributed by atoms with Gasteiger partial charge in [-0.3, -0.25) is 0 Å². The molecule has 130 valence electrons. The molecule has 0 N–H and O–H groups in total. The molecule has 0 aromatic heterocycles. The minimum Gasteiger partial charge on any atom is -0.457 e. The van der Waals surface area contributed by atoms with Gasteiger partial charge in [-0.25, -0.2) is 0 Å². The molecule has 2 nitrogen and oxygen atoms in total. The number of nitrogens with zero attached hydrogens (tertiary/aromatic N) is 1. The largest absolute Gasteiger partial charge is 0.457 e. The second kappa shape index (κ2) is 8.08. The Balaban J connectivity index is 1.98. The topological polar surface area (TPSA) is 33.0 Å². The Labute approximate surface area is 159 Å². The summed E-state index contributed by atoms with van der Waals surface area (Å²) in [5.74, 6) is 1.39. The number of hydrogen-bond donors (Lipinski definition) is 0. The molecule has 26 heavy (non-hydrogen) atoms. The van der Waals surface area contributed by atoms with Crippen LogP contribution in [0.15, 0.2) is 72.8 Å². The van der Waals surface area contributed by atoms with Crippen molar-refractivity contribution in [3.05, 3.63) is 94.5 Å². The van der Waals surface area contributed by atoms with Crippen LogP contribution in [0.2, 0.25) is 5.02 Å². The first-order chi connectivity index (χ1) is 12.6. The molecule has 3 aromatic carbocycles. The summed E-state index contributed by atoms with van der Waals surface area (Å²) in [4.78, 5) is 0. The SMILES string of the molecule is CC(C)c1ccc(Cl)cc1C(C#N)c1cccc(Oc2ccccc2)c1. The van der Waals surface area contributed by atoms with Gasteiger partial charge in [0, 0.05) is 5.02 Å². The summed E-state index contributed by atoms with van der Waals surface area (Å²) in [5, 5.41) is 10.5. The zero-order chi connectivity index (χ0) is 18.5. The van der Waals surface area contributed by atoms with Crippen LogP contribution in [0.1, 0.15) is 42.4 Å². The number of halogens is 1. The first-order valence-electron chi connectivity index (χ1n) is 8.60. The highest BCUT2D eigenvalue weighted by atomic mass is 35.5. The third-order valence-corrected chi connectivity index (χ3v) is 4.52. The van der Waals surface area contributed by atoms with E-state index in [-0.39, 0.29) is 0 Å². The number of nitriles is 1. The van der Waals surface area contributed by atoms with Gasteiger partial charge < -0.3 is 4.74 Å². The van der Waals surface area contributed by atoms with Crippen molar-refractivity contribution in [1.82, 2.24) is 0 Å². The zero-order valence-electron chi connectivity index (χ0n) is 14.8. The summed E-state index contributed by atoms with van der Waals surface area (Å²) in [6.07, 6.45) is 0. The Kier molecular flexibility index (Phi) is 5.61. The van der Waals surface area contributed by atoms with Crippen LogP contribution in [0, 0.1) is 11.3 Å². The molecule has 0 aliphatic heterocycles. The van der Waals surface area contributed by atoms with E-state index in [9.17, 15) is 5.26 Å². The van der Waals surface area contributed by atoms with Crippen molar-refractivity contribution in [2.75, 3.05) is 0 Å². The van der Waals surface area contributed by atoms with Crippen LogP contribution in [0.5, 0.6) is 11.5 Å². The molecular weight excluding hydrogens is 342 g/mol. The maximum atomic E-state index is 9.88. The molecule has 0 aliphatic rings. The number of para-hydroxylation sites is 1. The first-order valence-corrected chi connectivity index (χ1v) is 8.98. The Morgan fingerprint density at radius 2 is 1.58 bits per heavy atom. The second-order valence-electron chi connectivity index (χ2n) is 6.48. The summed E-state index contributed by atoms with van der Waals surface area (Å²) >= 11 is 6.21. The maximum absolute atomic E-state index is 9.88. The Hall–Kier alpha value is -2.76. The lowest BCUT2D eigenvalue weighted by molar-refractivity contribution is 0.482. The van der Waals surface area contributed by atoms with Gasteiger partial charge in [-0.2, -0.15) is 5.26 Å². The quantitative estimate of drug-likeness (QED) is 0.494. The predicted molar refractivity (Wildman–Crippen MR) is 106 cm³/mol. The van der Waals surface area contributed by atoms with E-state index in [4.69, 9.17) is 16.3 Å². The monoisotopic (exact) mass is 361 g/mol. The van der Waals surface area contributed by atoms with Crippen LogP contribution in [-0.4, -0.2) is 0 Å². The van der Waals surface area contributed by atoms with E-state index < -0.39 is 5.92 Å². The lowest BCUT2D eigenvalue weighted by Gasteiger charge is -2.18. The summed E-state index contributed by atoms with van der Waals surface area (Å²) in [5.41, 5.74) is 2.98. The van der Waals surface area contributed by atoms with E-state index in [2.05, 4.69) is 19.9 Å². The van der Waals surface area contributed by atoms with Crippen molar-refractivity contribution >= 4 is 11.6 Å². The van der Waals surface area contributed by atoms with Gasteiger partial charge in [0.1, 0.15) is 11.5 Å². The Morgan fingerprint density at radius 1 is 0.846 bits per heavy atom. The molecule has 0 aliphatic carbocycles. The maximum Gasteiger partial charge on any atom is 0.127 e. The smallest absolute Gasteiger partial charge is 0.127 e. The summed E-state index contributed by atoms with van der Waals surface area (Å²) in [6.45, 7) is 4.24. The van der Waals surface area contributed by atoms with Gasteiger partial charge in [0.05, 0.1) is 12.0 Å². The van der Waals surface area contributed by atoms with E-state index >= 15 is 0 Å². The molecular formula is C23H20ClNO. The van der Waals surface area contributed by atoms with E-state index in [0.29, 0.717) is 16.7 Å². The van der Waals surface area contributed by atoms with Gasteiger partial charge in [-0.15, -0.1) is 0 Å². The predicted octanol–water partition coefficient (Wildman–Crippen LogP) is 6.91. The molecule has 0 spiro atoms. The molecule has 0 saturated carbocycles. The molecule has 3 aromatic rings. The number of benzene rings is 3. The van der Waals surface area contributed by atoms with Gasteiger partial charge >= 0.3 is 0 Å². The van der Waals surface area contributed by atoms with Crippen LogP contribution in [0.25, 0.3) is 0 Å². The van der Waals surface area contributed by atoms with E-state index in [1.54, 1.807) is 0 Å². The van der Waals surface area contributed by atoms with Crippen LogP contribution in [0.3, 0.4) is 0 Å². The van der Waals surface area contributed by atoms with Gasteiger partial charge in [-0.1, -0.05) is 61.8 Å². The minimum atomic E-state index is -0.398. The van der Waals surface area contributed by atoms with Crippen molar-refractivity contribution < 1.29 is 4.74 Å². The van der Waals surface area contributed by atoms with Crippen molar-refractivity contribution in [3.63, 3.8) is 0 Å². The van der Waals surface area contributed by atoms with Gasteiger partial charge in [-0.05, 0) is 59.0 Å². The highest BCUT2D eigenvalue weighted by molar-refractivity contribution is 6.30. The average Bonchev–Trinajstić information content (AvgIpc) is 2.63. The zero-order valence-corrected chi connectivity index (χ0v) is 15.6. The molecule has 1 unspecified atom stereocenters. The average molecular weight is 362 g/mol.